The molecule has 0 saturated carbocycles. The number of likely N-dealkylation sites (N-methyl/N-ethyl adjacent to an activating group) is 1. The largest absolute Gasteiger partial charge is 0.374 e. The van der Waals surface area contributed by atoms with Crippen LogP contribution in [0.2, 0.25) is 0 Å². The van der Waals surface area contributed by atoms with Crippen LogP contribution in [0.5, 0.6) is 0 Å². The standard InChI is InChI=1S/C15H19ClN2S/c1-11-4-5-14(12(2)8-11)18(3)7-6-15-17-13(9-16)10-19-15/h4-5,8,10H,6-7,9H2,1-3H3. The molecule has 1 heterocycles. The van der Waals surface area contributed by atoms with E-state index < -0.39 is 0 Å². The molecule has 2 nitrogen and oxygen atoms in total. The molecule has 0 amide bonds. The van der Waals surface area contributed by atoms with Crippen LogP contribution in [0.15, 0.2) is 23.6 Å². The molecule has 0 atom stereocenters. The van der Waals surface area contributed by atoms with Crippen LogP contribution in [-0.2, 0) is 12.3 Å². The average Bonchev–Trinajstić information content (AvgIpc) is 2.84. The first-order valence-corrected chi connectivity index (χ1v) is 7.79. The van der Waals surface area contributed by atoms with Crippen molar-refractivity contribution in [1.82, 2.24) is 4.98 Å². The Morgan fingerprint density at radius 2 is 2.11 bits per heavy atom. The minimum atomic E-state index is 0.503. The minimum absolute atomic E-state index is 0.503. The second-order valence-corrected chi connectivity index (χ2v) is 6.04. The second-order valence-electron chi connectivity index (χ2n) is 4.83. The predicted octanol–water partition coefficient (Wildman–Crippen LogP) is 4.18. The number of aryl methyl sites for hydroxylation is 2. The lowest BCUT2D eigenvalue weighted by atomic mass is 10.1. The van der Waals surface area contributed by atoms with E-state index >= 15 is 0 Å². The lowest BCUT2D eigenvalue weighted by Gasteiger charge is -2.21. The molecule has 0 saturated heterocycles. The van der Waals surface area contributed by atoms with Crippen LogP contribution in [0.25, 0.3) is 0 Å². The highest BCUT2D eigenvalue weighted by molar-refractivity contribution is 7.09. The Hall–Kier alpha value is -1.06. The first kappa shape index (κ1) is 14.4. The highest BCUT2D eigenvalue weighted by Crippen LogP contribution is 2.20. The fraction of sp³-hybridized carbons (Fsp3) is 0.400. The van der Waals surface area contributed by atoms with Crippen molar-refractivity contribution in [2.75, 3.05) is 18.5 Å². The van der Waals surface area contributed by atoms with E-state index in [2.05, 4.69) is 49.0 Å². The van der Waals surface area contributed by atoms with Gasteiger partial charge in [0.2, 0.25) is 0 Å². The molecular formula is C15H19ClN2S. The third kappa shape index (κ3) is 3.71. The van der Waals surface area contributed by atoms with E-state index in [0.717, 1.165) is 23.7 Å². The van der Waals surface area contributed by atoms with Gasteiger partial charge in [-0.15, -0.1) is 22.9 Å². The quantitative estimate of drug-likeness (QED) is 0.769. The molecule has 0 unspecified atom stereocenters. The molecule has 0 radical (unpaired) electrons. The molecule has 0 aliphatic rings. The monoisotopic (exact) mass is 294 g/mol. The molecule has 0 aliphatic carbocycles. The van der Waals surface area contributed by atoms with E-state index in [1.807, 2.05) is 5.38 Å². The fourth-order valence-electron chi connectivity index (χ4n) is 2.14. The van der Waals surface area contributed by atoms with Gasteiger partial charge in [0.15, 0.2) is 0 Å². The molecule has 0 bridgehead atoms. The number of hydrogen-bond acceptors (Lipinski definition) is 3. The first-order chi connectivity index (χ1) is 9.10. The zero-order valence-electron chi connectivity index (χ0n) is 11.6. The third-order valence-electron chi connectivity index (χ3n) is 3.16. The molecule has 2 aromatic rings. The number of thiazole rings is 1. The van der Waals surface area contributed by atoms with Gasteiger partial charge >= 0.3 is 0 Å². The number of nitrogens with zero attached hydrogens (tertiary/aromatic N) is 2. The van der Waals surface area contributed by atoms with Crippen molar-refractivity contribution in [1.29, 1.82) is 0 Å². The first-order valence-electron chi connectivity index (χ1n) is 6.38. The summed E-state index contributed by atoms with van der Waals surface area (Å²) in [7, 11) is 2.13. The van der Waals surface area contributed by atoms with E-state index in [9.17, 15) is 0 Å². The summed E-state index contributed by atoms with van der Waals surface area (Å²) in [6.45, 7) is 5.26. The van der Waals surface area contributed by atoms with Crippen LogP contribution in [0.1, 0.15) is 21.8 Å². The summed E-state index contributed by atoms with van der Waals surface area (Å²) in [5.41, 5.74) is 4.90. The van der Waals surface area contributed by atoms with Gasteiger partial charge in [0.1, 0.15) is 0 Å². The molecule has 0 N–H and O–H groups in total. The van der Waals surface area contributed by atoms with Crippen molar-refractivity contribution in [2.45, 2.75) is 26.1 Å². The van der Waals surface area contributed by atoms with Gasteiger partial charge in [-0.1, -0.05) is 17.7 Å². The Morgan fingerprint density at radius 3 is 2.74 bits per heavy atom. The van der Waals surface area contributed by atoms with E-state index in [1.54, 1.807) is 11.3 Å². The van der Waals surface area contributed by atoms with Gasteiger partial charge in [0, 0.05) is 31.1 Å². The summed E-state index contributed by atoms with van der Waals surface area (Å²) in [6.07, 6.45) is 0.964. The summed E-state index contributed by atoms with van der Waals surface area (Å²) in [4.78, 5) is 6.78. The Kier molecular flexibility index (Phi) is 4.83. The van der Waals surface area contributed by atoms with Crippen LogP contribution in [0.4, 0.5) is 5.69 Å². The van der Waals surface area contributed by atoms with Crippen molar-refractivity contribution < 1.29 is 0 Å². The smallest absolute Gasteiger partial charge is 0.0946 e. The summed E-state index contributed by atoms with van der Waals surface area (Å²) < 4.78 is 0. The zero-order chi connectivity index (χ0) is 13.8. The average molecular weight is 295 g/mol. The van der Waals surface area contributed by atoms with E-state index in [-0.39, 0.29) is 0 Å². The van der Waals surface area contributed by atoms with Gasteiger partial charge in [0.05, 0.1) is 16.6 Å². The number of alkyl halides is 1. The van der Waals surface area contributed by atoms with Crippen LogP contribution < -0.4 is 4.90 Å². The predicted molar refractivity (Wildman–Crippen MR) is 84.6 cm³/mol. The summed E-state index contributed by atoms with van der Waals surface area (Å²) in [6, 6.07) is 6.57. The van der Waals surface area contributed by atoms with Crippen LogP contribution in [0.3, 0.4) is 0 Å². The molecule has 0 fully saturated rings. The number of hydrogen-bond donors (Lipinski definition) is 0. The maximum absolute atomic E-state index is 5.77. The SMILES string of the molecule is Cc1ccc(N(C)CCc2nc(CCl)cs2)c(C)c1. The van der Waals surface area contributed by atoms with Crippen molar-refractivity contribution in [2.24, 2.45) is 0 Å². The van der Waals surface area contributed by atoms with Gasteiger partial charge in [-0.25, -0.2) is 4.98 Å². The molecule has 0 spiro atoms. The Morgan fingerprint density at radius 1 is 1.32 bits per heavy atom. The van der Waals surface area contributed by atoms with Gasteiger partial charge in [-0.2, -0.15) is 0 Å². The zero-order valence-corrected chi connectivity index (χ0v) is 13.2. The maximum atomic E-state index is 5.77. The van der Waals surface area contributed by atoms with Gasteiger partial charge in [-0.05, 0) is 25.5 Å². The molecule has 1 aromatic heterocycles. The maximum Gasteiger partial charge on any atom is 0.0946 e. The molecule has 4 heteroatoms. The van der Waals surface area contributed by atoms with E-state index in [1.165, 1.54) is 16.8 Å². The molecule has 19 heavy (non-hydrogen) atoms. The normalized spacial score (nSPS) is 10.7. The number of anilines is 1. The summed E-state index contributed by atoms with van der Waals surface area (Å²) >= 11 is 7.46. The molecule has 102 valence electrons. The highest BCUT2D eigenvalue weighted by Gasteiger charge is 2.07. The van der Waals surface area contributed by atoms with Crippen molar-refractivity contribution in [3.05, 3.63) is 45.4 Å². The van der Waals surface area contributed by atoms with Crippen molar-refractivity contribution >= 4 is 28.6 Å². The van der Waals surface area contributed by atoms with Gasteiger partial charge < -0.3 is 4.90 Å². The van der Waals surface area contributed by atoms with Crippen LogP contribution in [-0.4, -0.2) is 18.6 Å². The Labute approximate surface area is 124 Å². The number of benzene rings is 1. The number of aromatic nitrogens is 1. The Bertz CT molecular complexity index is 551. The van der Waals surface area contributed by atoms with Crippen molar-refractivity contribution in [3.8, 4) is 0 Å². The molecule has 1 aromatic carbocycles. The Balaban J connectivity index is 1.98. The van der Waals surface area contributed by atoms with Gasteiger partial charge in [0.25, 0.3) is 0 Å². The summed E-state index contributed by atoms with van der Waals surface area (Å²) in [5.74, 6) is 0.503. The third-order valence-corrected chi connectivity index (χ3v) is 4.39. The topological polar surface area (TPSA) is 16.1 Å². The molecular weight excluding hydrogens is 276 g/mol. The van der Waals surface area contributed by atoms with E-state index in [4.69, 9.17) is 11.6 Å². The number of rotatable bonds is 5. The summed E-state index contributed by atoms with van der Waals surface area (Å²) in [5, 5.41) is 3.20. The second kappa shape index (κ2) is 6.40. The highest BCUT2D eigenvalue weighted by atomic mass is 35.5. The lowest BCUT2D eigenvalue weighted by Crippen LogP contribution is -2.21. The number of halogens is 1. The van der Waals surface area contributed by atoms with E-state index in [0.29, 0.717) is 5.88 Å². The minimum Gasteiger partial charge on any atom is -0.374 e. The lowest BCUT2D eigenvalue weighted by molar-refractivity contribution is 0.862. The van der Waals surface area contributed by atoms with Crippen LogP contribution in [0, 0.1) is 13.8 Å². The van der Waals surface area contributed by atoms with Crippen LogP contribution >= 0.6 is 22.9 Å². The van der Waals surface area contributed by atoms with Gasteiger partial charge in [-0.3, -0.25) is 0 Å². The van der Waals surface area contributed by atoms with Crippen molar-refractivity contribution in [3.63, 3.8) is 0 Å². The molecule has 2 rings (SSSR count). The molecule has 0 aliphatic heterocycles. The fourth-order valence-corrected chi connectivity index (χ4v) is 3.16.